The summed E-state index contributed by atoms with van der Waals surface area (Å²) in [7, 11) is -5.87. The van der Waals surface area contributed by atoms with E-state index in [4.69, 9.17) is 9.88 Å². The molecule has 0 bridgehead atoms. The topological polar surface area (TPSA) is 116 Å². The van der Waals surface area contributed by atoms with Crippen LogP contribution >= 0.6 is 0 Å². The molecule has 0 atom stereocenters. The summed E-state index contributed by atoms with van der Waals surface area (Å²) in [6.07, 6.45) is 0. The van der Waals surface area contributed by atoms with Gasteiger partial charge in [0.15, 0.2) is 0 Å². The van der Waals surface area contributed by atoms with Crippen molar-refractivity contribution in [2.75, 3.05) is 7.11 Å². The van der Waals surface area contributed by atoms with Crippen LogP contribution in [0.2, 0.25) is 0 Å². The number of hydrogen-bond donors (Lipinski definition) is 2. The van der Waals surface area contributed by atoms with Crippen LogP contribution in [0.25, 0.3) is 0 Å². The molecule has 9 heteroatoms. The van der Waals surface area contributed by atoms with Gasteiger partial charge in [0.25, 0.3) is 0 Å². The van der Waals surface area contributed by atoms with E-state index in [9.17, 15) is 16.8 Å². The maximum atomic E-state index is 12.7. The minimum absolute atomic E-state index is 0.0334. The number of nitrogens with one attached hydrogen (secondary N) is 1. The van der Waals surface area contributed by atoms with E-state index < -0.39 is 20.0 Å². The number of primary sulfonamides is 1. The third kappa shape index (κ3) is 5.28. The highest BCUT2D eigenvalue weighted by Crippen LogP contribution is 2.25. The third-order valence-electron chi connectivity index (χ3n) is 3.76. The summed E-state index contributed by atoms with van der Waals surface area (Å²) in [4.78, 5) is 0.207. The van der Waals surface area contributed by atoms with Crippen LogP contribution in [0.15, 0.2) is 41.3 Å². The van der Waals surface area contributed by atoms with Crippen LogP contribution in [-0.2, 0) is 32.3 Å². The molecule has 0 spiro atoms. The molecule has 2 aromatic carbocycles. The fourth-order valence-electron chi connectivity index (χ4n) is 2.76. The normalized spacial score (nSPS) is 12.2. The van der Waals surface area contributed by atoms with Gasteiger partial charge in [-0.05, 0) is 48.2 Å². The predicted molar refractivity (Wildman–Crippen MR) is 99.7 cm³/mol. The first-order valence-corrected chi connectivity index (χ1v) is 10.9. The molecule has 0 radical (unpaired) electrons. The first kappa shape index (κ1) is 20.4. The number of hydrogen-bond acceptors (Lipinski definition) is 5. The number of benzene rings is 2. The lowest BCUT2D eigenvalue weighted by molar-refractivity contribution is 0.413. The lowest BCUT2D eigenvalue weighted by Crippen LogP contribution is -2.25. The van der Waals surface area contributed by atoms with Gasteiger partial charge in [-0.25, -0.2) is 26.7 Å². The molecule has 26 heavy (non-hydrogen) atoms. The number of aryl methyl sites for hydroxylation is 2. The Bertz CT molecular complexity index is 992. The molecule has 0 amide bonds. The van der Waals surface area contributed by atoms with Crippen LogP contribution in [-0.4, -0.2) is 23.9 Å². The van der Waals surface area contributed by atoms with Crippen molar-refractivity contribution >= 4 is 20.0 Å². The molecule has 0 saturated heterocycles. The van der Waals surface area contributed by atoms with Crippen molar-refractivity contribution in [1.82, 2.24) is 4.72 Å². The fraction of sp³-hybridized carbons (Fsp3) is 0.294. The van der Waals surface area contributed by atoms with Gasteiger partial charge in [0, 0.05) is 6.54 Å². The molecule has 3 N–H and O–H groups in total. The molecule has 2 aromatic rings. The van der Waals surface area contributed by atoms with Crippen LogP contribution in [0.3, 0.4) is 0 Å². The molecule has 0 aliphatic heterocycles. The summed E-state index contributed by atoms with van der Waals surface area (Å²) in [5, 5.41) is 5.04. The van der Waals surface area contributed by atoms with Crippen LogP contribution in [0, 0.1) is 13.8 Å². The Hall–Kier alpha value is -1.94. The average molecular weight is 399 g/mol. The second-order valence-electron chi connectivity index (χ2n) is 6.04. The van der Waals surface area contributed by atoms with Gasteiger partial charge in [0.05, 0.1) is 17.8 Å². The Morgan fingerprint density at radius 1 is 1.00 bits per heavy atom. The van der Waals surface area contributed by atoms with Crippen molar-refractivity contribution in [2.45, 2.75) is 31.0 Å². The first-order valence-electron chi connectivity index (χ1n) is 7.75. The average Bonchev–Trinajstić information content (AvgIpc) is 2.50. The molecular weight excluding hydrogens is 376 g/mol. The molecule has 7 nitrogen and oxygen atoms in total. The van der Waals surface area contributed by atoms with Crippen molar-refractivity contribution < 1.29 is 21.6 Å². The van der Waals surface area contributed by atoms with Crippen LogP contribution in [0.5, 0.6) is 5.75 Å². The van der Waals surface area contributed by atoms with Crippen molar-refractivity contribution in [3.63, 3.8) is 0 Å². The Balaban J connectivity index is 2.23. The molecule has 142 valence electrons. The van der Waals surface area contributed by atoms with Gasteiger partial charge < -0.3 is 4.74 Å². The summed E-state index contributed by atoms with van der Waals surface area (Å²) in [6, 6.07) is 9.93. The first-order chi connectivity index (χ1) is 12.0. The summed E-state index contributed by atoms with van der Waals surface area (Å²) in [6.45, 7) is 3.44. The zero-order valence-electron chi connectivity index (χ0n) is 14.8. The maximum Gasteiger partial charge on any atom is 0.241 e. The van der Waals surface area contributed by atoms with Crippen molar-refractivity contribution in [3.8, 4) is 5.75 Å². The van der Waals surface area contributed by atoms with Gasteiger partial charge in [-0.15, -0.1) is 0 Å². The zero-order chi connectivity index (χ0) is 19.5. The van der Waals surface area contributed by atoms with Crippen molar-refractivity contribution in [2.24, 2.45) is 5.14 Å². The van der Waals surface area contributed by atoms with E-state index in [1.807, 2.05) is 0 Å². The molecule has 0 fully saturated rings. The number of sulfonamides is 2. The molecule has 0 aliphatic carbocycles. The van der Waals surface area contributed by atoms with Crippen LogP contribution in [0.4, 0.5) is 0 Å². The smallest absolute Gasteiger partial charge is 0.241 e. The molecule has 0 aliphatic rings. The highest BCUT2D eigenvalue weighted by atomic mass is 32.2. The highest BCUT2D eigenvalue weighted by molar-refractivity contribution is 7.89. The lowest BCUT2D eigenvalue weighted by Gasteiger charge is -2.14. The van der Waals surface area contributed by atoms with E-state index in [0.717, 1.165) is 0 Å². The predicted octanol–water partition coefficient (Wildman–Crippen LogP) is 1.58. The largest absolute Gasteiger partial charge is 0.497 e. The van der Waals surface area contributed by atoms with E-state index >= 15 is 0 Å². The molecule has 0 aromatic heterocycles. The zero-order valence-corrected chi connectivity index (χ0v) is 16.4. The Kier molecular flexibility index (Phi) is 6.07. The second kappa shape index (κ2) is 7.75. The van der Waals surface area contributed by atoms with E-state index in [1.165, 1.54) is 7.11 Å². The van der Waals surface area contributed by atoms with E-state index in [2.05, 4.69) is 4.72 Å². The van der Waals surface area contributed by atoms with Gasteiger partial charge in [0.1, 0.15) is 5.75 Å². The van der Waals surface area contributed by atoms with Crippen LogP contribution in [0.1, 0.15) is 22.3 Å². The van der Waals surface area contributed by atoms with Crippen LogP contribution < -0.4 is 14.6 Å². The standard InChI is InChI=1S/C17H22N2O5S2/c1-12-7-16(24-3)8-13(2)17(12)26(22,23)19-10-14-5-4-6-15(9-14)11-25(18,20)21/h4-9,19H,10-11H2,1-3H3,(H2,18,20,21). The van der Waals surface area contributed by atoms with Gasteiger partial charge in [-0.1, -0.05) is 24.3 Å². The van der Waals surface area contributed by atoms with Gasteiger partial charge in [0.2, 0.25) is 20.0 Å². The molecule has 2 rings (SSSR count). The molecule has 0 unspecified atom stereocenters. The Morgan fingerprint density at radius 3 is 2.12 bits per heavy atom. The number of methoxy groups -OCH3 is 1. The van der Waals surface area contributed by atoms with E-state index in [-0.39, 0.29) is 17.2 Å². The van der Waals surface area contributed by atoms with E-state index in [0.29, 0.717) is 28.0 Å². The SMILES string of the molecule is COc1cc(C)c(S(=O)(=O)NCc2cccc(CS(N)(=O)=O)c2)c(C)c1. The third-order valence-corrected chi connectivity index (χ3v) is 6.21. The molecule has 0 heterocycles. The number of nitrogens with two attached hydrogens (primary N) is 1. The monoisotopic (exact) mass is 398 g/mol. The van der Waals surface area contributed by atoms with E-state index in [1.54, 1.807) is 50.2 Å². The number of ether oxygens (including phenoxy) is 1. The van der Waals surface area contributed by atoms with Gasteiger partial charge >= 0.3 is 0 Å². The maximum absolute atomic E-state index is 12.7. The Labute approximate surface area is 154 Å². The second-order valence-corrected chi connectivity index (χ2v) is 9.36. The van der Waals surface area contributed by atoms with Gasteiger partial charge in [-0.2, -0.15) is 0 Å². The summed E-state index contributed by atoms with van der Waals surface area (Å²) >= 11 is 0. The van der Waals surface area contributed by atoms with Gasteiger partial charge in [-0.3, -0.25) is 0 Å². The lowest BCUT2D eigenvalue weighted by atomic mass is 10.1. The summed E-state index contributed by atoms with van der Waals surface area (Å²) < 4.78 is 55.5. The quantitative estimate of drug-likeness (QED) is 0.735. The highest BCUT2D eigenvalue weighted by Gasteiger charge is 2.20. The summed E-state index contributed by atoms with van der Waals surface area (Å²) in [5.74, 6) is 0.291. The Morgan fingerprint density at radius 2 is 1.58 bits per heavy atom. The molecular formula is C17H22N2O5S2. The van der Waals surface area contributed by atoms with Crippen molar-refractivity contribution in [1.29, 1.82) is 0 Å². The minimum atomic E-state index is -3.74. The summed E-state index contributed by atoms with van der Waals surface area (Å²) in [5.41, 5.74) is 2.30. The fourth-order valence-corrected chi connectivity index (χ4v) is 4.88. The molecule has 0 saturated carbocycles. The minimum Gasteiger partial charge on any atom is -0.497 e. The number of rotatable bonds is 7. The van der Waals surface area contributed by atoms with Crippen molar-refractivity contribution in [3.05, 3.63) is 58.7 Å².